The van der Waals surface area contributed by atoms with Gasteiger partial charge < -0.3 is 15.0 Å². The summed E-state index contributed by atoms with van der Waals surface area (Å²) in [4.78, 5) is 45.0. The molecule has 11 nitrogen and oxygen atoms in total. The summed E-state index contributed by atoms with van der Waals surface area (Å²) in [7, 11) is 2.14. The van der Waals surface area contributed by atoms with Gasteiger partial charge in [-0.15, -0.1) is 0 Å². The zero-order valence-electron chi connectivity index (χ0n) is 24.5. The first-order valence-corrected chi connectivity index (χ1v) is 14.3. The van der Waals surface area contributed by atoms with Crippen molar-refractivity contribution >= 4 is 34.4 Å². The molecule has 216 valence electrons. The molecule has 0 atom stereocenters. The summed E-state index contributed by atoms with van der Waals surface area (Å²) in [5, 5.41) is 3.73. The summed E-state index contributed by atoms with van der Waals surface area (Å²) in [6.45, 7) is 10.7. The number of carbonyl (C=O) groups is 1. The minimum atomic E-state index is -1.00. The quantitative estimate of drug-likeness (QED) is 0.364. The zero-order valence-corrected chi connectivity index (χ0v) is 24.5. The van der Waals surface area contributed by atoms with E-state index >= 15 is 0 Å². The Morgan fingerprint density at radius 2 is 1.86 bits per heavy atom. The standard InChI is InChI=1S/C31H34N8O3/c1-30(2)18-36(5)17-19-15-20(9-10-22(19)30)33-29-32-16-21-25(35-29)39-24-12-11-23-26(34-24)37(28(41)31(3,4)42-23)13-7-6-8-14-38(39)27(21)40/h6,8-12,15-16H,7,13-14,17-18H2,1-5H3,(H,32,33,35)/b8-6+. The fourth-order valence-electron chi connectivity index (χ4n) is 6.44. The molecule has 1 N–H and O–H groups in total. The summed E-state index contributed by atoms with van der Waals surface area (Å²) in [5.74, 6) is 1.63. The van der Waals surface area contributed by atoms with Crippen molar-refractivity contribution in [2.24, 2.45) is 0 Å². The van der Waals surface area contributed by atoms with E-state index in [1.165, 1.54) is 11.1 Å². The van der Waals surface area contributed by atoms with Crippen molar-refractivity contribution in [1.29, 1.82) is 0 Å². The first-order chi connectivity index (χ1) is 20.0. The van der Waals surface area contributed by atoms with Crippen molar-refractivity contribution in [3.05, 3.63) is 70.2 Å². The molecule has 0 unspecified atom stereocenters. The van der Waals surface area contributed by atoms with E-state index in [1.54, 1.807) is 46.4 Å². The molecule has 0 saturated carbocycles. The van der Waals surface area contributed by atoms with Crippen molar-refractivity contribution in [1.82, 2.24) is 29.2 Å². The molecular formula is C31H34N8O3. The topological polar surface area (TPSA) is 110 Å². The third-order valence-corrected chi connectivity index (χ3v) is 8.26. The maximum Gasteiger partial charge on any atom is 0.278 e. The molecule has 6 heterocycles. The SMILES string of the molecule is CN1Cc2cc(Nc3ncc4c(=O)n5n(c4n3)-c3ccc4c(n3)N(CC/C=C/C5)C(=O)C(C)(C)O4)ccc2C(C)(C)C1. The van der Waals surface area contributed by atoms with Gasteiger partial charge in [-0.2, -0.15) is 4.98 Å². The van der Waals surface area contributed by atoms with Gasteiger partial charge in [-0.25, -0.2) is 19.3 Å². The second-order valence-electron chi connectivity index (χ2n) is 12.5. The Balaban J connectivity index is 1.34. The molecule has 0 saturated heterocycles. The Morgan fingerprint density at radius 3 is 2.69 bits per heavy atom. The largest absolute Gasteiger partial charge is 0.474 e. The molecule has 4 aromatic rings. The number of pyridine rings is 1. The van der Waals surface area contributed by atoms with Crippen LogP contribution in [-0.4, -0.2) is 60.9 Å². The number of fused-ring (bicyclic) bond motifs is 6. The Hall–Kier alpha value is -4.51. The van der Waals surface area contributed by atoms with Gasteiger partial charge in [0.25, 0.3) is 11.5 Å². The van der Waals surface area contributed by atoms with Gasteiger partial charge in [0.1, 0.15) is 5.39 Å². The van der Waals surface area contributed by atoms with Crippen LogP contribution >= 0.6 is 0 Å². The molecule has 11 heteroatoms. The molecule has 3 aliphatic heterocycles. The molecule has 2 bridgehead atoms. The normalized spacial score (nSPS) is 19.8. The van der Waals surface area contributed by atoms with Crippen LogP contribution in [-0.2, 0) is 23.3 Å². The lowest BCUT2D eigenvalue weighted by Crippen LogP contribution is -2.53. The molecule has 42 heavy (non-hydrogen) atoms. The van der Waals surface area contributed by atoms with E-state index in [9.17, 15) is 9.59 Å². The van der Waals surface area contributed by atoms with Crippen LogP contribution in [0, 0.1) is 0 Å². The number of nitrogens with one attached hydrogen (secondary N) is 1. The highest BCUT2D eigenvalue weighted by Gasteiger charge is 2.42. The molecule has 0 spiro atoms. The van der Waals surface area contributed by atoms with Crippen molar-refractivity contribution in [3.63, 3.8) is 0 Å². The van der Waals surface area contributed by atoms with E-state index < -0.39 is 5.60 Å². The molecule has 7 rings (SSSR count). The fourth-order valence-corrected chi connectivity index (χ4v) is 6.44. The van der Waals surface area contributed by atoms with E-state index in [0.29, 0.717) is 53.9 Å². The van der Waals surface area contributed by atoms with Crippen LogP contribution in [0.15, 0.2) is 53.5 Å². The van der Waals surface area contributed by atoms with Gasteiger partial charge in [0.2, 0.25) is 5.95 Å². The van der Waals surface area contributed by atoms with Gasteiger partial charge in [0, 0.05) is 36.9 Å². The van der Waals surface area contributed by atoms with Crippen LogP contribution < -0.4 is 20.5 Å². The monoisotopic (exact) mass is 566 g/mol. The maximum absolute atomic E-state index is 13.6. The number of allylic oxidation sites excluding steroid dienone is 1. The van der Waals surface area contributed by atoms with Crippen LogP contribution in [0.25, 0.3) is 16.9 Å². The second-order valence-corrected chi connectivity index (χ2v) is 12.5. The third-order valence-electron chi connectivity index (χ3n) is 8.26. The van der Waals surface area contributed by atoms with Crippen molar-refractivity contribution in [2.45, 2.75) is 58.2 Å². The Labute approximate surface area is 243 Å². The average Bonchev–Trinajstić information content (AvgIpc) is 3.18. The number of rotatable bonds is 2. The molecular weight excluding hydrogens is 532 g/mol. The fraction of sp³-hybridized carbons (Fsp3) is 0.387. The third kappa shape index (κ3) is 4.18. The summed E-state index contributed by atoms with van der Waals surface area (Å²) in [5.41, 5.74) is 2.75. The van der Waals surface area contributed by atoms with Gasteiger partial charge in [-0.1, -0.05) is 32.1 Å². The van der Waals surface area contributed by atoms with E-state index in [0.717, 1.165) is 18.8 Å². The molecule has 3 aromatic heterocycles. The van der Waals surface area contributed by atoms with Crippen LogP contribution in [0.3, 0.4) is 0 Å². The van der Waals surface area contributed by atoms with E-state index in [-0.39, 0.29) is 16.9 Å². The molecule has 3 aliphatic rings. The lowest BCUT2D eigenvalue weighted by molar-refractivity contribution is -0.132. The predicted molar refractivity (Wildman–Crippen MR) is 161 cm³/mol. The minimum absolute atomic E-state index is 0.0635. The molecule has 0 aliphatic carbocycles. The molecule has 1 amide bonds. The number of likely N-dealkylation sites (N-methyl/N-ethyl adjacent to an activating group) is 1. The lowest BCUT2D eigenvalue weighted by atomic mass is 9.78. The van der Waals surface area contributed by atoms with Gasteiger partial charge >= 0.3 is 0 Å². The van der Waals surface area contributed by atoms with Crippen LogP contribution in [0.4, 0.5) is 17.5 Å². The highest BCUT2D eigenvalue weighted by molar-refractivity contribution is 6.01. The second kappa shape index (κ2) is 9.25. The van der Waals surface area contributed by atoms with Crippen LogP contribution in [0.1, 0.15) is 45.2 Å². The lowest BCUT2D eigenvalue weighted by Gasteiger charge is -2.38. The molecule has 0 radical (unpaired) electrons. The Kier molecular flexibility index (Phi) is 5.81. The highest BCUT2D eigenvalue weighted by Crippen LogP contribution is 2.38. The number of benzene rings is 1. The van der Waals surface area contributed by atoms with E-state index in [4.69, 9.17) is 14.7 Å². The number of hydrogen-bond acceptors (Lipinski definition) is 8. The van der Waals surface area contributed by atoms with Gasteiger partial charge in [0.15, 0.2) is 28.6 Å². The van der Waals surface area contributed by atoms with E-state index in [2.05, 4.69) is 54.3 Å². The number of carbonyl (C=O) groups excluding carboxylic acids is 1. The van der Waals surface area contributed by atoms with E-state index in [1.807, 2.05) is 12.2 Å². The average molecular weight is 567 g/mol. The van der Waals surface area contributed by atoms with Crippen molar-refractivity contribution in [2.75, 3.05) is 30.4 Å². The number of ether oxygens (including phenoxy) is 1. The van der Waals surface area contributed by atoms with Gasteiger partial charge in [-0.05, 0) is 62.7 Å². The summed E-state index contributed by atoms with van der Waals surface area (Å²) in [6, 6.07) is 9.97. The number of hydrogen-bond donors (Lipinski definition) is 1. The molecule has 1 aromatic carbocycles. The number of aromatic nitrogens is 5. The van der Waals surface area contributed by atoms with Crippen LogP contribution in [0.2, 0.25) is 0 Å². The predicted octanol–water partition coefficient (Wildman–Crippen LogP) is 3.91. The maximum atomic E-state index is 13.6. The molecule has 0 fully saturated rings. The van der Waals surface area contributed by atoms with Crippen molar-refractivity contribution < 1.29 is 9.53 Å². The van der Waals surface area contributed by atoms with Gasteiger partial charge in [0.05, 0.1) is 6.54 Å². The first-order valence-electron chi connectivity index (χ1n) is 14.3. The minimum Gasteiger partial charge on any atom is -0.474 e. The summed E-state index contributed by atoms with van der Waals surface area (Å²) >= 11 is 0. The number of nitrogens with zero attached hydrogens (tertiary/aromatic N) is 7. The highest BCUT2D eigenvalue weighted by atomic mass is 16.5. The summed E-state index contributed by atoms with van der Waals surface area (Å²) < 4.78 is 9.32. The Bertz CT molecular complexity index is 1850. The first kappa shape index (κ1) is 26.4. The zero-order chi connectivity index (χ0) is 29.4. The van der Waals surface area contributed by atoms with Crippen LogP contribution in [0.5, 0.6) is 5.75 Å². The van der Waals surface area contributed by atoms with Crippen molar-refractivity contribution in [3.8, 4) is 11.6 Å². The summed E-state index contributed by atoms with van der Waals surface area (Å²) in [6.07, 6.45) is 6.08. The number of amides is 1. The number of anilines is 3. The Morgan fingerprint density at radius 1 is 1.02 bits per heavy atom. The van der Waals surface area contributed by atoms with Gasteiger partial charge in [-0.3, -0.25) is 14.5 Å². The smallest absolute Gasteiger partial charge is 0.278 e.